The van der Waals surface area contributed by atoms with Gasteiger partial charge in [-0.3, -0.25) is 4.79 Å². The van der Waals surface area contributed by atoms with E-state index in [-0.39, 0.29) is 21.2 Å². The Morgan fingerprint density at radius 1 is 1.19 bits per heavy atom. The van der Waals surface area contributed by atoms with Crippen LogP contribution in [0.25, 0.3) is 0 Å². The fourth-order valence-corrected chi connectivity index (χ4v) is 2.50. The lowest BCUT2D eigenvalue weighted by Gasteiger charge is -2.07. The first-order chi connectivity index (χ1) is 9.77. The molecule has 2 aromatic carbocycles. The average Bonchev–Trinajstić information content (AvgIpc) is 2.42. The third-order valence-electron chi connectivity index (χ3n) is 2.73. The van der Waals surface area contributed by atoms with Crippen molar-refractivity contribution in [2.75, 3.05) is 11.6 Å². The molecule has 0 spiro atoms. The molecule has 2 aromatic rings. The predicted molar refractivity (Wildman–Crippen MR) is 80.6 cm³/mol. The molecule has 0 fully saturated rings. The monoisotopic (exact) mass is 325 g/mol. The number of phenols is 1. The first-order valence-electron chi connectivity index (χ1n) is 5.87. The van der Waals surface area contributed by atoms with E-state index in [9.17, 15) is 18.3 Å². The molecule has 1 amide bonds. The number of hydrogen-bond donors (Lipinski definition) is 2. The standard InChI is InChI=1S/C14H12ClNO4S/c1-21(19,20)11-4-2-3-9(7-11)14(18)16-10-5-6-13(17)12(15)8-10/h2-8,17H,1H3,(H,16,18). The van der Waals surface area contributed by atoms with Crippen LogP contribution in [0.3, 0.4) is 0 Å². The zero-order valence-electron chi connectivity index (χ0n) is 11.0. The molecule has 7 heteroatoms. The summed E-state index contributed by atoms with van der Waals surface area (Å²) in [6.45, 7) is 0. The smallest absolute Gasteiger partial charge is 0.255 e. The summed E-state index contributed by atoms with van der Waals surface area (Å²) < 4.78 is 22.9. The van der Waals surface area contributed by atoms with Crippen LogP contribution in [0, 0.1) is 0 Å². The summed E-state index contributed by atoms with van der Waals surface area (Å²) in [6, 6.07) is 9.96. The minimum atomic E-state index is -3.38. The molecule has 0 aliphatic carbocycles. The molecule has 0 aliphatic heterocycles. The lowest BCUT2D eigenvalue weighted by Crippen LogP contribution is -2.12. The molecule has 110 valence electrons. The minimum Gasteiger partial charge on any atom is -0.506 e. The van der Waals surface area contributed by atoms with Crippen LogP contribution in [-0.2, 0) is 9.84 Å². The zero-order chi connectivity index (χ0) is 15.6. The number of anilines is 1. The maximum Gasteiger partial charge on any atom is 0.255 e. The van der Waals surface area contributed by atoms with Crippen LogP contribution in [0.5, 0.6) is 5.75 Å². The van der Waals surface area contributed by atoms with Crippen molar-refractivity contribution in [3.63, 3.8) is 0 Å². The summed E-state index contributed by atoms with van der Waals surface area (Å²) in [5, 5.41) is 12.0. The number of carbonyl (C=O) groups excluding carboxylic acids is 1. The van der Waals surface area contributed by atoms with E-state index in [4.69, 9.17) is 11.6 Å². The topological polar surface area (TPSA) is 83.5 Å². The minimum absolute atomic E-state index is 0.0684. The number of aromatic hydroxyl groups is 1. The Kier molecular flexibility index (Phi) is 4.20. The van der Waals surface area contributed by atoms with Gasteiger partial charge in [-0.1, -0.05) is 17.7 Å². The molecule has 0 heterocycles. The SMILES string of the molecule is CS(=O)(=O)c1cccc(C(=O)Nc2ccc(O)c(Cl)c2)c1. The van der Waals surface area contributed by atoms with Gasteiger partial charge in [-0.15, -0.1) is 0 Å². The Balaban J connectivity index is 2.26. The van der Waals surface area contributed by atoms with Gasteiger partial charge in [-0.25, -0.2) is 8.42 Å². The van der Waals surface area contributed by atoms with E-state index in [0.29, 0.717) is 5.69 Å². The van der Waals surface area contributed by atoms with Gasteiger partial charge in [0.2, 0.25) is 0 Å². The van der Waals surface area contributed by atoms with Gasteiger partial charge in [0, 0.05) is 17.5 Å². The lowest BCUT2D eigenvalue weighted by molar-refractivity contribution is 0.102. The van der Waals surface area contributed by atoms with Gasteiger partial charge in [0.15, 0.2) is 9.84 Å². The highest BCUT2D eigenvalue weighted by molar-refractivity contribution is 7.90. The van der Waals surface area contributed by atoms with Crippen molar-refractivity contribution in [2.45, 2.75) is 4.90 Å². The summed E-state index contributed by atoms with van der Waals surface area (Å²) in [5.74, 6) is -0.559. The van der Waals surface area contributed by atoms with E-state index in [0.717, 1.165) is 6.26 Å². The van der Waals surface area contributed by atoms with Gasteiger partial charge in [-0.05, 0) is 36.4 Å². The summed E-state index contributed by atoms with van der Waals surface area (Å²) in [5.41, 5.74) is 0.606. The number of halogens is 1. The zero-order valence-corrected chi connectivity index (χ0v) is 12.6. The molecule has 5 nitrogen and oxygen atoms in total. The van der Waals surface area contributed by atoms with Gasteiger partial charge >= 0.3 is 0 Å². The Hall–Kier alpha value is -2.05. The van der Waals surface area contributed by atoms with Crippen LogP contribution in [0.2, 0.25) is 5.02 Å². The van der Waals surface area contributed by atoms with Gasteiger partial charge < -0.3 is 10.4 Å². The molecule has 0 aromatic heterocycles. The average molecular weight is 326 g/mol. The van der Waals surface area contributed by atoms with Crippen molar-refractivity contribution >= 4 is 33.0 Å². The molecule has 0 radical (unpaired) electrons. The van der Waals surface area contributed by atoms with Gasteiger partial charge in [0.25, 0.3) is 5.91 Å². The molecule has 0 saturated heterocycles. The molecule has 2 rings (SSSR count). The Morgan fingerprint density at radius 3 is 2.52 bits per heavy atom. The first kappa shape index (κ1) is 15.3. The molecule has 2 N–H and O–H groups in total. The number of sulfone groups is 1. The van der Waals surface area contributed by atoms with Crippen molar-refractivity contribution in [3.8, 4) is 5.75 Å². The fourth-order valence-electron chi connectivity index (χ4n) is 1.66. The van der Waals surface area contributed by atoms with Crippen LogP contribution >= 0.6 is 11.6 Å². The number of nitrogens with one attached hydrogen (secondary N) is 1. The molecule has 0 atom stereocenters. The molecule has 0 bridgehead atoms. The van der Waals surface area contributed by atoms with E-state index in [1.165, 1.54) is 42.5 Å². The number of benzene rings is 2. The number of amides is 1. The number of carbonyl (C=O) groups is 1. The number of rotatable bonds is 3. The van der Waals surface area contributed by atoms with Crippen LogP contribution in [0.1, 0.15) is 10.4 Å². The van der Waals surface area contributed by atoms with E-state index in [1.54, 1.807) is 0 Å². The summed E-state index contributed by atoms with van der Waals surface area (Å²) >= 11 is 5.75. The normalized spacial score (nSPS) is 11.1. The summed E-state index contributed by atoms with van der Waals surface area (Å²) in [6.07, 6.45) is 1.07. The summed E-state index contributed by atoms with van der Waals surface area (Å²) in [4.78, 5) is 12.1. The van der Waals surface area contributed by atoms with E-state index in [1.807, 2.05) is 0 Å². The van der Waals surface area contributed by atoms with Gasteiger partial charge in [0.05, 0.1) is 9.92 Å². The second-order valence-electron chi connectivity index (χ2n) is 4.42. The number of hydrogen-bond acceptors (Lipinski definition) is 4. The van der Waals surface area contributed by atoms with Gasteiger partial charge in [0.1, 0.15) is 5.75 Å². The highest BCUT2D eigenvalue weighted by Gasteiger charge is 2.12. The largest absolute Gasteiger partial charge is 0.506 e. The first-order valence-corrected chi connectivity index (χ1v) is 8.14. The third-order valence-corrected chi connectivity index (χ3v) is 4.14. The van der Waals surface area contributed by atoms with Crippen LogP contribution < -0.4 is 5.32 Å². The Labute approximate surface area is 127 Å². The van der Waals surface area contributed by atoms with Crippen molar-refractivity contribution < 1.29 is 18.3 Å². The van der Waals surface area contributed by atoms with E-state index in [2.05, 4.69) is 5.32 Å². The molecule has 0 saturated carbocycles. The molecule has 0 aliphatic rings. The van der Waals surface area contributed by atoms with Gasteiger partial charge in [-0.2, -0.15) is 0 Å². The highest BCUT2D eigenvalue weighted by atomic mass is 35.5. The molecule has 0 unspecified atom stereocenters. The lowest BCUT2D eigenvalue weighted by atomic mass is 10.2. The van der Waals surface area contributed by atoms with Crippen LogP contribution in [0.15, 0.2) is 47.4 Å². The Morgan fingerprint density at radius 2 is 1.90 bits per heavy atom. The number of phenolic OH excluding ortho intramolecular Hbond substituents is 1. The van der Waals surface area contributed by atoms with Crippen LogP contribution in [0.4, 0.5) is 5.69 Å². The maximum absolute atomic E-state index is 12.1. The van der Waals surface area contributed by atoms with Crippen LogP contribution in [-0.4, -0.2) is 25.7 Å². The molecular formula is C14H12ClNO4S. The molecule has 21 heavy (non-hydrogen) atoms. The predicted octanol–water partition coefficient (Wildman–Crippen LogP) is 2.70. The van der Waals surface area contributed by atoms with E-state index >= 15 is 0 Å². The van der Waals surface area contributed by atoms with Crippen molar-refractivity contribution in [1.82, 2.24) is 0 Å². The van der Waals surface area contributed by atoms with Crippen molar-refractivity contribution in [3.05, 3.63) is 53.1 Å². The quantitative estimate of drug-likeness (QED) is 0.850. The Bertz CT molecular complexity index is 802. The van der Waals surface area contributed by atoms with E-state index < -0.39 is 15.7 Å². The second-order valence-corrected chi connectivity index (χ2v) is 6.84. The highest BCUT2D eigenvalue weighted by Crippen LogP contribution is 2.26. The van der Waals surface area contributed by atoms with Crippen molar-refractivity contribution in [1.29, 1.82) is 0 Å². The molecular weight excluding hydrogens is 314 g/mol. The van der Waals surface area contributed by atoms with Crippen molar-refractivity contribution in [2.24, 2.45) is 0 Å². The maximum atomic E-state index is 12.1. The fraction of sp³-hybridized carbons (Fsp3) is 0.0714. The third kappa shape index (κ3) is 3.74. The second kappa shape index (κ2) is 5.75. The summed E-state index contributed by atoms with van der Waals surface area (Å²) in [7, 11) is -3.38.